The number of nitrogens with zero attached hydrogens (tertiary/aromatic N) is 3. The van der Waals surface area contributed by atoms with Gasteiger partial charge in [0.15, 0.2) is 24.0 Å². The average molecular weight is 628 g/mol. The Balaban J connectivity index is 1.29. The third-order valence-electron chi connectivity index (χ3n) is 10.3. The molecule has 3 aromatic carbocycles. The third kappa shape index (κ3) is 5.04. The second-order valence-corrected chi connectivity index (χ2v) is 13.5. The Morgan fingerprint density at radius 1 is 0.833 bits per heavy atom. The minimum Gasteiger partial charge on any atom is -0.437 e. The quantitative estimate of drug-likeness (QED) is 0.130. The lowest BCUT2D eigenvalue weighted by atomic mass is 9.78. The van der Waals surface area contributed by atoms with E-state index in [9.17, 15) is 0 Å². The molecule has 0 saturated carbocycles. The molecule has 0 spiro atoms. The van der Waals surface area contributed by atoms with Crippen LogP contribution in [0.25, 0.3) is 55.7 Å². The van der Waals surface area contributed by atoms with Crippen molar-refractivity contribution < 1.29 is 13.6 Å². The molecule has 0 radical (unpaired) electrons. The third-order valence-corrected chi connectivity index (χ3v) is 10.3. The molecule has 2 atom stereocenters. The molecule has 8 rings (SSSR count). The molecule has 4 aromatic heterocycles. The summed E-state index contributed by atoms with van der Waals surface area (Å²) >= 11 is 0. The zero-order valence-electron chi connectivity index (χ0n) is 28.2. The first kappa shape index (κ1) is 30.0. The normalized spacial score (nSPS) is 15.5. The molecule has 1 aliphatic rings. The van der Waals surface area contributed by atoms with Gasteiger partial charge in [-0.25, -0.2) is 9.55 Å². The number of hydrogen-bond donors (Lipinski definition) is 0. The summed E-state index contributed by atoms with van der Waals surface area (Å²) < 4.78 is 11.3. The van der Waals surface area contributed by atoms with E-state index in [2.05, 4.69) is 158 Å². The SMILES string of the molecule is C=CC1C(CCc2ccc3c(oc4nc(C)ccc43)c2-c2cc(-c3ccccc3)cc[n+]2C)c2cc(C(C)C)ccc2-c2cccc[n+]21. The molecule has 2 unspecified atom stereocenters. The van der Waals surface area contributed by atoms with Crippen LogP contribution in [0.15, 0.2) is 133 Å². The number of benzene rings is 3. The molecule has 1 aliphatic heterocycles. The molecule has 0 amide bonds. The maximum Gasteiger partial charge on any atom is 0.227 e. The molecule has 236 valence electrons. The maximum absolute atomic E-state index is 6.69. The van der Waals surface area contributed by atoms with Crippen molar-refractivity contribution >= 4 is 22.1 Å². The highest BCUT2D eigenvalue weighted by Gasteiger charge is 2.38. The first-order valence-electron chi connectivity index (χ1n) is 17.1. The second kappa shape index (κ2) is 12.0. The standard InChI is InChI=1S/C44H41N3O/c1-6-39-34(38-26-32(28(2)3)18-21-35(38)40-14-10-11-24-47(39)40)20-16-31-17-22-36-37-19-15-29(4)45-44(37)48-43(36)42(31)41-27-33(23-25-46(41)5)30-12-8-7-9-13-30/h6-15,17-19,21-28,34,39H,1,16,20H2,2-5H3/q+2. The van der Waals surface area contributed by atoms with E-state index in [0.29, 0.717) is 11.6 Å². The number of hydrogen-bond acceptors (Lipinski definition) is 2. The minimum absolute atomic E-state index is 0.152. The fourth-order valence-corrected chi connectivity index (χ4v) is 7.69. The summed E-state index contributed by atoms with van der Waals surface area (Å²) in [7, 11) is 2.13. The number of fused-ring (bicyclic) bond motifs is 6. The van der Waals surface area contributed by atoms with E-state index < -0.39 is 0 Å². The van der Waals surface area contributed by atoms with Crippen LogP contribution in [0.4, 0.5) is 0 Å². The van der Waals surface area contributed by atoms with E-state index in [1.807, 2.05) is 6.92 Å². The average Bonchev–Trinajstić information content (AvgIpc) is 3.48. The van der Waals surface area contributed by atoms with Crippen LogP contribution in [0, 0.1) is 6.92 Å². The summed E-state index contributed by atoms with van der Waals surface area (Å²) in [5, 5.41) is 2.15. The van der Waals surface area contributed by atoms with Gasteiger partial charge in [-0.3, -0.25) is 0 Å². The largest absolute Gasteiger partial charge is 0.437 e. The summed E-state index contributed by atoms with van der Waals surface area (Å²) in [6.07, 6.45) is 8.36. The summed E-state index contributed by atoms with van der Waals surface area (Å²) in [6, 6.07) is 37.6. The lowest BCUT2D eigenvalue weighted by Crippen LogP contribution is -2.46. The van der Waals surface area contributed by atoms with E-state index in [4.69, 9.17) is 9.40 Å². The molecule has 0 fully saturated rings. The first-order valence-corrected chi connectivity index (χ1v) is 17.1. The minimum atomic E-state index is 0.152. The Bertz CT molecular complexity index is 2330. The number of furan rings is 1. The van der Waals surface area contributed by atoms with Crippen molar-refractivity contribution in [3.63, 3.8) is 0 Å². The number of allylic oxidation sites excluding steroid dienone is 1. The van der Waals surface area contributed by atoms with Gasteiger partial charge in [0.25, 0.3) is 0 Å². The summed E-state index contributed by atoms with van der Waals surface area (Å²) in [5.74, 6) is 0.725. The molecule has 0 N–H and O–H groups in total. The molecule has 4 heteroatoms. The van der Waals surface area contributed by atoms with Gasteiger partial charge < -0.3 is 4.42 Å². The van der Waals surface area contributed by atoms with Crippen molar-refractivity contribution in [1.82, 2.24) is 4.98 Å². The topological polar surface area (TPSA) is 33.8 Å². The van der Waals surface area contributed by atoms with Crippen LogP contribution < -0.4 is 9.13 Å². The first-order chi connectivity index (χ1) is 23.4. The van der Waals surface area contributed by atoms with E-state index in [1.165, 1.54) is 39.1 Å². The van der Waals surface area contributed by atoms with Gasteiger partial charge in [-0.05, 0) is 83.8 Å². The van der Waals surface area contributed by atoms with Gasteiger partial charge in [0, 0.05) is 46.3 Å². The zero-order valence-corrected chi connectivity index (χ0v) is 28.2. The summed E-state index contributed by atoms with van der Waals surface area (Å²) in [4.78, 5) is 4.79. The van der Waals surface area contributed by atoms with Gasteiger partial charge in [0.05, 0.1) is 11.5 Å². The van der Waals surface area contributed by atoms with Crippen molar-refractivity contribution in [3.05, 3.63) is 151 Å². The van der Waals surface area contributed by atoms with Crippen molar-refractivity contribution in [2.24, 2.45) is 7.05 Å². The van der Waals surface area contributed by atoms with Gasteiger partial charge >= 0.3 is 0 Å². The number of aryl methyl sites for hydroxylation is 3. The highest BCUT2D eigenvalue weighted by Crippen LogP contribution is 2.44. The van der Waals surface area contributed by atoms with Crippen LogP contribution in [0.1, 0.15) is 60.5 Å². The summed E-state index contributed by atoms with van der Waals surface area (Å²) in [5.41, 5.74) is 13.8. The molecular weight excluding hydrogens is 587 g/mol. The highest BCUT2D eigenvalue weighted by molar-refractivity contribution is 6.09. The Morgan fingerprint density at radius 2 is 1.65 bits per heavy atom. The van der Waals surface area contributed by atoms with Crippen molar-refractivity contribution in [2.45, 2.75) is 51.5 Å². The smallest absolute Gasteiger partial charge is 0.227 e. The van der Waals surface area contributed by atoms with Crippen molar-refractivity contribution in [1.29, 1.82) is 0 Å². The molecule has 5 heterocycles. The van der Waals surface area contributed by atoms with Crippen LogP contribution in [-0.2, 0) is 13.5 Å². The van der Waals surface area contributed by atoms with Gasteiger partial charge in [-0.2, -0.15) is 4.57 Å². The Kier molecular flexibility index (Phi) is 7.52. The fourth-order valence-electron chi connectivity index (χ4n) is 7.69. The van der Waals surface area contributed by atoms with E-state index >= 15 is 0 Å². The van der Waals surface area contributed by atoms with E-state index in [1.54, 1.807) is 0 Å². The van der Waals surface area contributed by atoms with Gasteiger partial charge in [0.2, 0.25) is 17.1 Å². The number of pyridine rings is 3. The Morgan fingerprint density at radius 3 is 2.46 bits per heavy atom. The van der Waals surface area contributed by atoms with Crippen LogP contribution in [0.2, 0.25) is 0 Å². The number of aromatic nitrogens is 3. The van der Waals surface area contributed by atoms with E-state index in [-0.39, 0.29) is 12.0 Å². The lowest BCUT2D eigenvalue weighted by Gasteiger charge is -2.30. The highest BCUT2D eigenvalue weighted by atomic mass is 16.3. The van der Waals surface area contributed by atoms with Crippen LogP contribution >= 0.6 is 0 Å². The van der Waals surface area contributed by atoms with E-state index in [0.717, 1.165) is 46.1 Å². The number of rotatable bonds is 7. The molecule has 0 bridgehead atoms. The zero-order chi connectivity index (χ0) is 32.9. The van der Waals surface area contributed by atoms with Crippen LogP contribution in [-0.4, -0.2) is 4.98 Å². The van der Waals surface area contributed by atoms with Crippen molar-refractivity contribution in [3.8, 4) is 33.6 Å². The van der Waals surface area contributed by atoms with Gasteiger partial charge in [-0.1, -0.05) is 75.0 Å². The van der Waals surface area contributed by atoms with Gasteiger partial charge in [0.1, 0.15) is 7.05 Å². The predicted octanol–water partition coefficient (Wildman–Crippen LogP) is 9.98. The Labute approximate surface area is 282 Å². The molecule has 0 saturated heterocycles. The monoisotopic (exact) mass is 627 g/mol. The lowest BCUT2D eigenvalue weighted by molar-refractivity contribution is -0.707. The molecule has 48 heavy (non-hydrogen) atoms. The van der Waals surface area contributed by atoms with Gasteiger partial charge in [-0.15, -0.1) is 0 Å². The fraction of sp³-hybridized carbons (Fsp3) is 0.205. The maximum atomic E-state index is 6.69. The van der Waals surface area contributed by atoms with Crippen LogP contribution in [0.5, 0.6) is 0 Å². The molecular formula is C44H41N3O+2. The Hall–Kier alpha value is -5.35. The molecule has 0 aliphatic carbocycles. The summed E-state index contributed by atoms with van der Waals surface area (Å²) in [6.45, 7) is 10.9. The molecule has 7 aromatic rings. The van der Waals surface area contributed by atoms with Crippen LogP contribution in [0.3, 0.4) is 0 Å². The van der Waals surface area contributed by atoms with Crippen molar-refractivity contribution in [2.75, 3.05) is 0 Å². The predicted molar refractivity (Wildman–Crippen MR) is 195 cm³/mol. The second-order valence-electron chi connectivity index (χ2n) is 13.5. The molecule has 4 nitrogen and oxygen atoms in total.